The molecule has 0 aliphatic carbocycles. The van der Waals surface area contributed by atoms with Gasteiger partial charge in [-0.15, -0.1) is 0 Å². The van der Waals surface area contributed by atoms with Crippen LogP contribution in [0.5, 0.6) is 0 Å². The largest absolute Gasteiger partial charge is 0.353 e. The zero-order valence-corrected chi connectivity index (χ0v) is 12.4. The molecule has 1 heterocycles. The average molecular weight is 265 g/mol. The highest BCUT2D eigenvalue weighted by Gasteiger charge is 2.36. The fraction of sp³-hybridized carbons (Fsp3) is 0.867. The number of hydrogen-bond donors (Lipinski definition) is 1. The molecule has 0 spiro atoms. The van der Waals surface area contributed by atoms with Crippen molar-refractivity contribution in [1.82, 2.24) is 10.2 Å². The minimum Gasteiger partial charge on any atom is -0.353 e. The van der Waals surface area contributed by atoms with E-state index in [4.69, 9.17) is 0 Å². The summed E-state index contributed by atoms with van der Waals surface area (Å²) in [7, 11) is 0. The highest BCUT2D eigenvalue weighted by molar-refractivity contribution is 5.85. The molecule has 0 unspecified atom stereocenters. The number of nitriles is 1. The maximum atomic E-state index is 12.3. The van der Waals surface area contributed by atoms with Gasteiger partial charge < -0.3 is 10.2 Å². The molecule has 0 saturated carbocycles. The number of nitrogens with zero attached hydrogens (tertiary/aromatic N) is 2. The molecule has 0 aromatic heterocycles. The van der Waals surface area contributed by atoms with Gasteiger partial charge in [0.15, 0.2) is 0 Å². The van der Waals surface area contributed by atoms with E-state index in [0.717, 1.165) is 32.5 Å². The predicted octanol–water partition coefficient (Wildman–Crippen LogP) is 2.31. The summed E-state index contributed by atoms with van der Waals surface area (Å²) in [4.78, 5) is 14.7. The highest BCUT2D eigenvalue weighted by atomic mass is 16.2. The van der Waals surface area contributed by atoms with Crippen molar-refractivity contribution in [2.45, 2.75) is 52.4 Å². The first-order valence-corrected chi connectivity index (χ1v) is 7.60. The lowest BCUT2D eigenvalue weighted by Gasteiger charge is -2.25. The second-order valence-electron chi connectivity index (χ2n) is 5.50. The summed E-state index contributed by atoms with van der Waals surface area (Å²) in [6.45, 7) is 7.91. The van der Waals surface area contributed by atoms with Gasteiger partial charge in [0.1, 0.15) is 5.41 Å². The Bertz CT molecular complexity index is 310. The molecule has 0 atom stereocenters. The Labute approximate surface area is 117 Å². The maximum absolute atomic E-state index is 12.3. The molecule has 108 valence electrons. The third-order valence-corrected chi connectivity index (χ3v) is 3.91. The highest BCUT2D eigenvalue weighted by Crippen LogP contribution is 2.29. The minimum atomic E-state index is -0.811. The van der Waals surface area contributed by atoms with Crippen LogP contribution in [0.25, 0.3) is 0 Å². The smallest absolute Gasteiger partial charge is 0.240 e. The number of carbonyl (C=O) groups excluding carboxylic acids is 1. The van der Waals surface area contributed by atoms with E-state index < -0.39 is 5.41 Å². The Kier molecular flexibility index (Phi) is 6.86. The quantitative estimate of drug-likeness (QED) is 0.732. The normalized spacial score (nSPS) is 16.3. The first-order valence-electron chi connectivity index (χ1n) is 7.60. The van der Waals surface area contributed by atoms with Crippen LogP contribution in [0, 0.1) is 16.7 Å². The van der Waals surface area contributed by atoms with Crippen molar-refractivity contribution in [3.05, 3.63) is 0 Å². The summed E-state index contributed by atoms with van der Waals surface area (Å²) in [6.07, 6.45) is 5.59. The number of likely N-dealkylation sites (tertiary alicyclic amines) is 1. The molecule has 0 bridgehead atoms. The van der Waals surface area contributed by atoms with E-state index in [1.165, 1.54) is 12.8 Å². The Balaban J connectivity index is 2.44. The van der Waals surface area contributed by atoms with Gasteiger partial charge in [0, 0.05) is 13.1 Å². The van der Waals surface area contributed by atoms with Crippen LogP contribution in [0.15, 0.2) is 0 Å². The van der Waals surface area contributed by atoms with Crippen molar-refractivity contribution in [1.29, 1.82) is 5.26 Å². The molecule has 0 radical (unpaired) electrons. The number of carbonyl (C=O) groups is 1. The van der Waals surface area contributed by atoms with Crippen LogP contribution in [-0.2, 0) is 4.79 Å². The standard InChI is InChI=1S/C15H27N3O/c1-3-7-15(13-16,8-4-2)14(19)17-9-12-18-10-5-6-11-18/h3-12H2,1-2H3,(H,17,19). The third-order valence-electron chi connectivity index (χ3n) is 3.91. The first kappa shape index (κ1) is 16.0. The van der Waals surface area contributed by atoms with Gasteiger partial charge in [0.2, 0.25) is 5.91 Å². The van der Waals surface area contributed by atoms with E-state index in [-0.39, 0.29) is 5.91 Å². The second kappa shape index (κ2) is 8.16. The molecule has 1 rings (SSSR count). The fourth-order valence-corrected chi connectivity index (χ4v) is 2.87. The summed E-state index contributed by atoms with van der Waals surface area (Å²) >= 11 is 0. The summed E-state index contributed by atoms with van der Waals surface area (Å²) < 4.78 is 0. The van der Waals surface area contributed by atoms with Crippen molar-refractivity contribution in [2.24, 2.45) is 5.41 Å². The second-order valence-corrected chi connectivity index (χ2v) is 5.50. The van der Waals surface area contributed by atoms with E-state index in [9.17, 15) is 10.1 Å². The molecule has 4 heteroatoms. The van der Waals surface area contributed by atoms with Crippen LogP contribution < -0.4 is 5.32 Å². The zero-order chi connectivity index (χ0) is 14.1. The lowest BCUT2D eigenvalue weighted by Crippen LogP contribution is -2.43. The van der Waals surface area contributed by atoms with Crippen LogP contribution in [0.2, 0.25) is 0 Å². The van der Waals surface area contributed by atoms with E-state index >= 15 is 0 Å². The molecule has 0 aromatic carbocycles. The van der Waals surface area contributed by atoms with Gasteiger partial charge in [-0.05, 0) is 38.8 Å². The van der Waals surface area contributed by atoms with Gasteiger partial charge in [-0.2, -0.15) is 5.26 Å². The first-order chi connectivity index (χ1) is 9.18. The Morgan fingerprint density at radius 3 is 2.32 bits per heavy atom. The van der Waals surface area contributed by atoms with Gasteiger partial charge in [0.05, 0.1) is 6.07 Å². The van der Waals surface area contributed by atoms with Crippen molar-refractivity contribution in [3.63, 3.8) is 0 Å². The summed E-state index contributed by atoms with van der Waals surface area (Å²) in [5.74, 6) is -0.0714. The van der Waals surface area contributed by atoms with Crippen LogP contribution in [0.3, 0.4) is 0 Å². The molecule has 1 aliphatic rings. The topological polar surface area (TPSA) is 56.1 Å². The van der Waals surface area contributed by atoms with Crippen LogP contribution in [0.1, 0.15) is 52.4 Å². The van der Waals surface area contributed by atoms with Gasteiger partial charge in [-0.25, -0.2) is 0 Å². The van der Waals surface area contributed by atoms with Crippen LogP contribution in [-0.4, -0.2) is 37.0 Å². The number of amides is 1. The molecular weight excluding hydrogens is 238 g/mol. The summed E-state index contributed by atoms with van der Waals surface area (Å²) in [5, 5.41) is 12.4. The lowest BCUT2D eigenvalue weighted by molar-refractivity contribution is -0.128. The van der Waals surface area contributed by atoms with Gasteiger partial charge in [-0.1, -0.05) is 26.7 Å². The SMILES string of the molecule is CCCC(C#N)(CCC)C(=O)NCCN1CCCC1. The van der Waals surface area contributed by atoms with Crippen molar-refractivity contribution < 1.29 is 4.79 Å². The van der Waals surface area contributed by atoms with E-state index in [2.05, 4.69) is 16.3 Å². The Morgan fingerprint density at radius 1 is 1.26 bits per heavy atom. The molecule has 1 saturated heterocycles. The molecule has 1 aliphatic heterocycles. The number of nitrogens with one attached hydrogen (secondary N) is 1. The lowest BCUT2D eigenvalue weighted by atomic mass is 9.80. The molecule has 4 nitrogen and oxygen atoms in total. The van der Waals surface area contributed by atoms with Gasteiger partial charge >= 0.3 is 0 Å². The molecular formula is C15H27N3O. The molecule has 0 aromatic rings. The molecule has 1 fully saturated rings. The fourth-order valence-electron chi connectivity index (χ4n) is 2.87. The molecule has 1 N–H and O–H groups in total. The number of rotatable bonds is 8. The Hall–Kier alpha value is -1.08. The number of hydrogen-bond acceptors (Lipinski definition) is 3. The predicted molar refractivity (Wildman–Crippen MR) is 76.5 cm³/mol. The summed E-state index contributed by atoms with van der Waals surface area (Å²) in [6, 6.07) is 2.27. The minimum absolute atomic E-state index is 0.0714. The maximum Gasteiger partial charge on any atom is 0.240 e. The third kappa shape index (κ3) is 4.50. The van der Waals surface area contributed by atoms with Crippen LogP contribution in [0.4, 0.5) is 0 Å². The summed E-state index contributed by atoms with van der Waals surface area (Å²) in [5.41, 5.74) is -0.811. The van der Waals surface area contributed by atoms with E-state index in [0.29, 0.717) is 19.4 Å². The van der Waals surface area contributed by atoms with E-state index in [1.807, 2.05) is 13.8 Å². The zero-order valence-electron chi connectivity index (χ0n) is 12.4. The molecule has 1 amide bonds. The van der Waals surface area contributed by atoms with Gasteiger partial charge in [-0.3, -0.25) is 4.79 Å². The monoisotopic (exact) mass is 265 g/mol. The van der Waals surface area contributed by atoms with E-state index in [1.54, 1.807) is 0 Å². The molecule has 19 heavy (non-hydrogen) atoms. The van der Waals surface area contributed by atoms with Crippen LogP contribution >= 0.6 is 0 Å². The van der Waals surface area contributed by atoms with Crippen molar-refractivity contribution >= 4 is 5.91 Å². The average Bonchev–Trinajstić information content (AvgIpc) is 2.91. The Morgan fingerprint density at radius 2 is 1.84 bits per heavy atom. The van der Waals surface area contributed by atoms with Gasteiger partial charge in [0.25, 0.3) is 0 Å². The van der Waals surface area contributed by atoms with Crippen molar-refractivity contribution in [2.75, 3.05) is 26.2 Å². The van der Waals surface area contributed by atoms with Crippen molar-refractivity contribution in [3.8, 4) is 6.07 Å².